The molecule has 4 heterocycles. The molecule has 0 spiro atoms. The summed E-state index contributed by atoms with van der Waals surface area (Å²) in [7, 11) is 1.63. The molecule has 0 unspecified atom stereocenters. The van der Waals surface area contributed by atoms with Crippen LogP contribution in [0.4, 0.5) is 0 Å². The van der Waals surface area contributed by atoms with Gasteiger partial charge in [-0.1, -0.05) is 24.3 Å². The second kappa shape index (κ2) is 7.13. The van der Waals surface area contributed by atoms with Crippen LogP contribution in [0.3, 0.4) is 0 Å². The smallest absolute Gasteiger partial charge is 0.286 e. The van der Waals surface area contributed by atoms with Crippen LogP contribution < -0.4 is 10.1 Å². The first kappa shape index (κ1) is 17.6. The molecule has 29 heavy (non-hydrogen) atoms. The Bertz CT molecular complexity index is 1190. The summed E-state index contributed by atoms with van der Waals surface area (Å²) in [6, 6.07) is 15.9. The monoisotopic (exact) mass is 387 g/mol. The van der Waals surface area contributed by atoms with Crippen LogP contribution in [-0.2, 0) is 19.4 Å². The van der Waals surface area contributed by atoms with Crippen molar-refractivity contribution in [2.75, 3.05) is 13.7 Å². The molecule has 3 aromatic heterocycles. The molecule has 6 heteroatoms. The minimum atomic E-state index is -0.205. The topological polar surface area (TPSA) is 69.3 Å². The highest BCUT2D eigenvalue weighted by Gasteiger charge is 2.24. The Morgan fingerprint density at radius 2 is 2.03 bits per heavy atom. The molecule has 0 saturated heterocycles. The standard InChI is InChI=1S/C23H21N3O3/c1-28-21-9-8-18-22(25-21)17(10-11-24-23(27)20-7-4-12-29-20)19-13-15-5-2-3-6-16(15)14-26(18)19/h2-9,12H,10-11,13-14H2,1H3,(H,24,27). The van der Waals surface area contributed by atoms with Crippen LogP contribution in [0.5, 0.6) is 5.88 Å². The third-order valence-corrected chi connectivity index (χ3v) is 5.52. The van der Waals surface area contributed by atoms with E-state index in [0.29, 0.717) is 24.6 Å². The lowest BCUT2D eigenvalue weighted by molar-refractivity contribution is 0.0926. The molecular weight excluding hydrogens is 366 g/mol. The minimum Gasteiger partial charge on any atom is -0.481 e. The molecular formula is C23H21N3O3. The van der Waals surface area contributed by atoms with E-state index in [2.05, 4.69) is 40.2 Å². The summed E-state index contributed by atoms with van der Waals surface area (Å²) in [4.78, 5) is 16.9. The van der Waals surface area contributed by atoms with Crippen LogP contribution in [0, 0.1) is 0 Å². The third-order valence-electron chi connectivity index (χ3n) is 5.52. The molecule has 1 amide bonds. The number of benzene rings is 1. The van der Waals surface area contributed by atoms with E-state index in [1.807, 2.05) is 6.07 Å². The predicted molar refractivity (Wildman–Crippen MR) is 109 cm³/mol. The number of hydrogen-bond acceptors (Lipinski definition) is 4. The van der Waals surface area contributed by atoms with Gasteiger partial charge in [0.15, 0.2) is 5.76 Å². The van der Waals surface area contributed by atoms with E-state index in [0.717, 1.165) is 29.6 Å². The molecule has 146 valence electrons. The first-order valence-electron chi connectivity index (χ1n) is 9.68. The van der Waals surface area contributed by atoms with Crippen LogP contribution in [0.2, 0.25) is 0 Å². The first-order chi connectivity index (χ1) is 14.2. The highest BCUT2D eigenvalue weighted by molar-refractivity contribution is 5.91. The number of carbonyl (C=O) groups excluding carboxylic acids is 1. The van der Waals surface area contributed by atoms with Crippen molar-refractivity contribution < 1.29 is 13.9 Å². The Kier molecular flexibility index (Phi) is 4.31. The Morgan fingerprint density at radius 1 is 1.17 bits per heavy atom. The van der Waals surface area contributed by atoms with E-state index in [9.17, 15) is 4.79 Å². The van der Waals surface area contributed by atoms with Crippen molar-refractivity contribution in [1.29, 1.82) is 0 Å². The van der Waals surface area contributed by atoms with E-state index < -0.39 is 0 Å². The number of fused-ring (bicyclic) bond motifs is 4. The second-order valence-electron chi connectivity index (χ2n) is 7.16. The van der Waals surface area contributed by atoms with Gasteiger partial charge in [-0.05, 0) is 35.7 Å². The van der Waals surface area contributed by atoms with Gasteiger partial charge in [0.25, 0.3) is 5.91 Å². The van der Waals surface area contributed by atoms with E-state index in [1.165, 1.54) is 23.1 Å². The van der Waals surface area contributed by atoms with Crippen molar-refractivity contribution >= 4 is 16.9 Å². The van der Waals surface area contributed by atoms with Crippen molar-refractivity contribution in [3.05, 3.63) is 82.9 Å². The normalized spacial score (nSPS) is 12.4. The number of nitrogens with one attached hydrogen (secondary N) is 1. The van der Waals surface area contributed by atoms with Crippen LogP contribution >= 0.6 is 0 Å². The molecule has 0 aliphatic carbocycles. The Labute approximate surface area is 168 Å². The lowest BCUT2D eigenvalue weighted by Gasteiger charge is -2.21. The average Bonchev–Trinajstić information content (AvgIpc) is 3.39. The number of carbonyl (C=O) groups is 1. The van der Waals surface area contributed by atoms with E-state index in [1.54, 1.807) is 19.2 Å². The van der Waals surface area contributed by atoms with Crippen molar-refractivity contribution in [3.8, 4) is 5.88 Å². The van der Waals surface area contributed by atoms with Crippen LogP contribution in [0.25, 0.3) is 11.0 Å². The fraction of sp³-hybridized carbons (Fsp3) is 0.217. The van der Waals surface area contributed by atoms with Gasteiger partial charge >= 0.3 is 0 Å². The van der Waals surface area contributed by atoms with Crippen LogP contribution in [0.1, 0.15) is 32.9 Å². The highest BCUT2D eigenvalue weighted by Crippen LogP contribution is 2.33. The van der Waals surface area contributed by atoms with Crippen molar-refractivity contribution in [1.82, 2.24) is 14.9 Å². The van der Waals surface area contributed by atoms with Gasteiger partial charge in [-0.2, -0.15) is 0 Å². The van der Waals surface area contributed by atoms with E-state index in [-0.39, 0.29) is 5.91 Å². The number of nitrogens with zero attached hydrogens (tertiary/aromatic N) is 2. The largest absolute Gasteiger partial charge is 0.481 e. The number of rotatable bonds is 5. The van der Waals surface area contributed by atoms with Gasteiger partial charge in [0.2, 0.25) is 5.88 Å². The van der Waals surface area contributed by atoms with Gasteiger partial charge in [0, 0.05) is 36.8 Å². The number of amides is 1. The number of ether oxygens (including phenoxy) is 1. The molecule has 0 atom stereocenters. The highest BCUT2D eigenvalue weighted by atomic mass is 16.5. The Balaban J connectivity index is 1.49. The summed E-state index contributed by atoms with van der Waals surface area (Å²) in [6.45, 7) is 1.33. The fourth-order valence-corrected chi connectivity index (χ4v) is 4.11. The van der Waals surface area contributed by atoms with Crippen LogP contribution in [0.15, 0.2) is 59.2 Å². The van der Waals surface area contributed by atoms with Gasteiger partial charge in [-0.15, -0.1) is 0 Å². The molecule has 5 rings (SSSR count). The van der Waals surface area contributed by atoms with Crippen molar-refractivity contribution in [2.24, 2.45) is 0 Å². The van der Waals surface area contributed by atoms with Gasteiger partial charge in [0.05, 0.1) is 24.4 Å². The molecule has 6 nitrogen and oxygen atoms in total. The zero-order chi connectivity index (χ0) is 19.8. The van der Waals surface area contributed by atoms with Gasteiger partial charge in [0.1, 0.15) is 0 Å². The van der Waals surface area contributed by atoms with Crippen LogP contribution in [-0.4, -0.2) is 29.1 Å². The zero-order valence-electron chi connectivity index (χ0n) is 16.1. The van der Waals surface area contributed by atoms with Gasteiger partial charge in [-0.3, -0.25) is 4.79 Å². The van der Waals surface area contributed by atoms with Gasteiger partial charge < -0.3 is 19.0 Å². The quantitative estimate of drug-likeness (QED) is 0.501. The SMILES string of the molecule is COc1ccc2c(n1)c(CCNC(=O)c1ccco1)c1n2Cc2ccccc2C1. The van der Waals surface area contributed by atoms with Gasteiger partial charge in [-0.25, -0.2) is 4.98 Å². The average molecular weight is 387 g/mol. The molecule has 0 bridgehead atoms. The zero-order valence-corrected chi connectivity index (χ0v) is 16.1. The summed E-state index contributed by atoms with van der Waals surface area (Å²) in [5.74, 6) is 0.713. The molecule has 1 N–H and O–H groups in total. The predicted octanol–water partition coefficient (Wildman–Crippen LogP) is 3.56. The number of methoxy groups -OCH3 is 1. The summed E-state index contributed by atoms with van der Waals surface area (Å²) in [5.41, 5.74) is 7.14. The maximum absolute atomic E-state index is 12.2. The first-order valence-corrected chi connectivity index (χ1v) is 9.68. The maximum atomic E-state index is 12.2. The molecule has 4 aromatic rings. The number of pyridine rings is 1. The molecule has 0 saturated carbocycles. The second-order valence-corrected chi connectivity index (χ2v) is 7.16. The van der Waals surface area contributed by atoms with E-state index >= 15 is 0 Å². The molecule has 1 aliphatic rings. The fourth-order valence-electron chi connectivity index (χ4n) is 4.11. The molecule has 0 fully saturated rings. The lowest BCUT2D eigenvalue weighted by atomic mass is 9.97. The minimum absolute atomic E-state index is 0.205. The lowest BCUT2D eigenvalue weighted by Crippen LogP contribution is -2.25. The maximum Gasteiger partial charge on any atom is 0.286 e. The van der Waals surface area contributed by atoms with E-state index in [4.69, 9.17) is 14.1 Å². The number of hydrogen-bond donors (Lipinski definition) is 1. The summed E-state index contributed by atoms with van der Waals surface area (Å²) in [6.07, 6.45) is 3.05. The number of aromatic nitrogens is 2. The number of furan rings is 1. The van der Waals surface area contributed by atoms with Crippen molar-refractivity contribution in [3.63, 3.8) is 0 Å². The molecule has 1 aromatic carbocycles. The van der Waals surface area contributed by atoms with Crippen molar-refractivity contribution in [2.45, 2.75) is 19.4 Å². The third kappa shape index (κ3) is 3.06. The summed E-state index contributed by atoms with van der Waals surface area (Å²) < 4.78 is 12.9. The Hall–Kier alpha value is -3.54. The Morgan fingerprint density at radius 3 is 2.83 bits per heavy atom. The molecule has 0 radical (unpaired) electrons. The molecule has 1 aliphatic heterocycles. The summed E-state index contributed by atoms with van der Waals surface area (Å²) in [5, 5.41) is 2.94. The summed E-state index contributed by atoms with van der Waals surface area (Å²) >= 11 is 0.